The normalized spacial score (nSPS) is 5.40. The fraction of sp³-hybridized carbons (Fsp3) is 0. The summed E-state index contributed by atoms with van der Waals surface area (Å²) in [5, 5.41) is 25.2. The van der Waals surface area contributed by atoms with Crippen LogP contribution in [0.3, 0.4) is 0 Å². The van der Waals surface area contributed by atoms with E-state index in [1.165, 1.54) is 0 Å². The fourth-order valence-electron chi connectivity index (χ4n) is 0. The van der Waals surface area contributed by atoms with Gasteiger partial charge in [-0.05, 0) is 0 Å². The Hall–Kier alpha value is 0.568. The number of hydrogen-bond acceptors (Lipinski definition) is 3. The van der Waals surface area contributed by atoms with Crippen molar-refractivity contribution in [2.75, 3.05) is 0 Å². The Morgan fingerprint density at radius 1 is 1.00 bits per heavy atom. The van der Waals surface area contributed by atoms with Crippen molar-refractivity contribution >= 4 is 7.32 Å². The molecule has 0 radical (unpaired) electrons. The van der Waals surface area contributed by atoms with Crippen molar-refractivity contribution in [1.29, 1.82) is 0 Å². The molecule has 0 amide bonds. The van der Waals surface area contributed by atoms with Gasteiger partial charge in [-0.3, -0.25) is 7.32 Å². The maximum Gasteiger partial charge on any atom is 2.00 e. The van der Waals surface area contributed by atoms with Crippen LogP contribution >= 0.6 is 0 Å². The van der Waals surface area contributed by atoms with E-state index in [1.807, 2.05) is 0 Å². The van der Waals surface area contributed by atoms with Gasteiger partial charge < -0.3 is 15.1 Å². The summed E-state index contributed by atoms with van der Waals surface area (Å²) in [6.45, 7) is 0. The number of hydrogen-bond donors (Lipinski definition) is 0. The van der Waals surface area contributed by atoms with Crippen molar-refractivity contribution in [2.24, 2.45) is 0 Å². The zero-order valence-corrected chi connectivity index (χ0v) is 5.48. The van der Waals surface area contributed by atoms with Gasteiger partial charge >= 0.3 is 19.5 Å². The average molecular weight is 124 g/mol. The van der Waals surface area contributed by atoms with Crippen LogP contribution in [0.2, 0.25) is 0 Å². The zero-order valence-electron chi connectivity index (χ0n) is 2.51. The molecule has 0 aliphatic heterocycles. The molecule has 0 bridgehead atoms. The van der Waals surface area contributed by atoms with Gasteiger partial charge in [0.15, 0.2) is 0 Å². The molecule has 0 aliphatic carbocycles. The van der Waals surface area contributed by atoms with Gasteiger partial charge in [-0.1, -0.05) is 0 Å². The molecule has 0 aromatic carbocycles. The second-order valence-corrected chi connectivity index (χ2v) is 0.289. The minimum atomic E-state index is -2.92. The van der Waals surface area contributed by atoms with E-state index in [2.05, 4.69) is 0 Å². The molecule has 0 unspecified atom stereocenters. The molecule has 0 saturated carbocycles. The molecule has 24 valence electrons. The molecule has 5 heavy (non-hydrogen) atoms. The second-order valence-electron chi connectivity index (χ2n) is 0.289. The molecule has 0 heterocycles. The summed E-state index contributed by atoms with van der Waals surface area (Å²) in [4.78, 5) is 0. The third-order valence-electron chi connectivity index (χ3n) is 0. The summed E-state index contributed by atoms with van der Waals surface area (Å²) in [7, 11) is -2.92. The molecule has 0 fully saturated rings. The van der Waals surface area contributed by atoms with Crippen LogP contribution in [0, 0.1) is 0 Å². The topological polar surface area (TPSA) is 69.2 Å². The average Bonchev–Trinajstić information content (AvgIpc) is 0.811. The monoisotopic (exact) mass is 123 g/mol. The first-order valence-electron chi connectivity index (χ1n) is 0.707. The van der Waals surface area contributed by atoms with Crippen molar-refractivity contribution in [3.63, 3.8) is 0 Å². The molecule has 0 saturated heterocycles. The molecule has 5 heteroatoms. The summed E-state index contributed by atoms with van der Waals surface area (Å²) >= 11 is 0. The smallest absolute Gasteiger partial charge is 0.907 e. The van der Waals surface area contributed by atoms with Crippen LogP contribution in [0.1, 0.15) is 0 Å². The van der Waals surface area contributed by atoms with Gasteiger partial charge in [-0.2, -0.15) is 0 Å². The van der Waals surface area contributed by atoms with Crippen molar-refractivity contribution in [3.05, 3.63) is 0 Å². The van der Waals surface area contributed by atoms with Crippen LogP contribution in [0.5, 0.6) is 0 Å². The molecular weight excluding hydrogens is 124 g/mol. The minimum Gasteiger partial charge on any atom is -0.907 e. The van der Waals surface area contributed by atoms with Crippen molar-refractivity contribution in [1.82, 2.24) is 0 Å². The maximum atomic E-state index is 8.42. The van der Waals surface area contributed by atoms with Crippen molar-refractivity contribution < 1.29 is 34.6 Å². The van der Waals surface area contributed by atoms with E-state index in [4.69, 9.17) is 15.1 Å². The second kappa shape index (κ2) is 4.57. The Morgan fingerprint density at radius 2 is 1.00 bits per heavy atom. The largest absolute Gasteiger partial charge is 2.00 e. The Kier molecular flexibility index (Phi) is 8.34. The number of rotatable bonds is 0. The van der Waals surface area contributed by atoms with Gasteiger partial charge in [-0.15, -0.1) is 0 Å². The van der Waals surface area contributed by atoms with Gasteiger partial charge in [-0.25, -0.2) is 0 Å². The SMILES string of the molecule is [O-]B([O-])[O-].[Zn+2]. The molecular formula is BO3Zn-. The minimum absolute atomic E-state index is 0. The molecule has 0 atom stereocenters. The zero-order chi connectivity index (χ0) is 3.58. The summed E-state index contributed by atoms with van der Waals surface area (Å²) < 4.78 is 0. The van der Waals surface area contributed by atoms with Crippen LogP contribution in [-0.4, -0.2) is 7.32 Å². The third kappa shape index (κ3) is 93.3. The first-order chi connectivity index (χ1) is 1.73. The Balaban J connectivity index is 0. The van der Waals surface area contributed by atoms with E-state index in [-0.39, 0.29) is 19.5 Å². The molecule has 0 rings (SSSR count). The van der Waals surface area contributed by atoms with E-state index in [9.17, 15) is 0 Å². The summed E-state index contributed by atoms with van der Waals surface area (Å²) in [6, 6.07) is 0. The maximum absolute atomic E-state index is 8.42. The van der Waals surface area contributed by atoms with Gasteiger partial charge in [0, 0.05) is 0 Å². The predicted octanol–water partition coefficient (Wildman–Crippen LogP) is -3.95. The van der Waals surface area contributed by atoms with Crippen LogP contribution in [-0.2, 0) is 19.5 Å². The summed E-state index contributed by atoms with van der Waals surface area (Å²) in [5.74, 6) is 0. The Morgan fingerprint density at radius 3 is 1.00 bits per heavy atom. The standard InChI is InChI=1S/BO3.Zn/c2-1(3)4;/q-3;+2. The van der Waals surface area contributed by atoms with Gasteiger partial charge in [0.25, 0.3) is 0 Å². The Bertz CT molecular complexity index is 11.6. The molecule has 0 aliphatic rings. The van der Waals surface area contributed by atoms with E-state index in [0.29, 0.717) is 0 Å². The van der Waals surface area contributed by atoms with Crippen LogP contribution in [0.4, 0.5) is 0 Å². The molecule has 0 N–H and O–H groups in total. The van der Waals surface area contributed by atoms with E-state index in [0.717, 1.165) is 0 Å². The Labute approximate surface area is 42.6 Å². The first-order valence-corrected chi connectivity index (χ1v) is 0.707. The quantitative estimate of drug-likeness (QED) is 0.309. The molecule has 0 spiro atoms. The third-order valence-corrected chi connectivity index (χ3v) is 0. The first kappa shape index (κ1) is 9.13. The van der Waals surface area contributed by atoms with Crippen LogP contribution in [0.15, 0.2) is 0 Å². The van der Waals surface area contributed by atoms with Gasteiger partial charge in [0.05, 0.1) is 0 Å². The van der Waals surface area contributed by atoms with Gasteiger partial charge in [0.2, 0.25) is 0 Å². The molecule has 0 aromatic heterocycles. The summed E-state index contributed by atoms with van der Waals surface area (Å²) in [6.07, 6.45) is 0. The van der Waals surface area contributed by atoms with Crippen LogP contribution < -0.4 is 15.1 Å². The van der Waals surface area contributed by atoms with Gasteiger partial charge in [0.1, 0.15) is 0 Å². The summed E-state index contributed by atoms with van der Waals surface area (Å²) in [5.41, 5.74) is 0. The van der Waals surface area contributed by atoms with E-state index in [1.54, 1.807) is 0 Å². The van der Waals surface area contributed by atoms with E-state index < -0.39 is 7.32 Å². The van der Waals surface area contributed by atoms with E-state index >= 15 is 0 Å². The molecule has 0 aromatic rings. The predicted molar refractivity (Wildman–Crippen MR) is 5.75 cm³/mol. The van der Waals surface area contributed by atoms with Crippen molar-refractivity contribution in [3.8, 4) is 0 Å². The van der Waals surface area contributed by atoms with Crippen LogP contribution in [0.25, 0.3) is 0 Å². The fourth-order valence-corrected chi connectivity index (χ4v) is 0. The van der Waals surface area contributed by atoms with Crippen molar-refractivity contribution in [2.45, 2.75) is 0 Å². The molecule has 3 nitrogen and oxygen atoms in total.